The Bertz CT molecular complexity index is 841. The third kappa shape index (κ3) is 2.44. The summed E-state index contributed by atoms with van der Waals surface area (Å²) in [5.74, 6) is -1.61. The number of anilines is 1. The maximum atomic E-state index is 12.2. The number of H-pyrrole nitrogens is 1. The van der Waals surface area contributed by atoms with Crippen molar-refractivity contribution in [2.24, 2.45) is 0 Å². The van der Waals surface area contributed by atoms with Crippen molar-refractivity contribution in [3.8, 4) is 0 Å². The molecule has 0 spiro atoms. The van der Waals surface area contributed by atoms with E-state index in [9.17, 15) is 9.59 Å². The Morgan fingerprint density at radius 3 is 2.90 bits per heavy atom. The minimum absolute atomic E-state index is 0.153. The minimum atomic E-state index is -1.20. The molecule has 0 aliphatic heterocycles. The van der Waals surface area contributed by atoms with Crippen molar-refractivity contribution in [3.63, 3.8) is 0 Å². The van der Waals surface area contributed by atoms with E-state index in [1.165, 1.54) is 12.3 Å². The molecule has 0 atom stereocenters. The molecule has 0 radical (unpaired) electrons. The number of benzene rings is 1. The highest BCUT2D eigenvalue weighted by Crippen LogP contribution is 2.16. The number of amides is 1. The van der Waals surface area contributed by atoms with Gasteiger partial charge in [0, 0.05) is 17.1 Å². The number of nitrogens with one attached hydrogen (secondary N) is 2. The number of carboxylic acids is 1. The summed E-state index contributed by atoms with van der Waals surface area (Å²) in [5, 5.41) is 19.1. The predicted octanol–water partition coefficient (Wildman–Crippen LogP) is 1.91. The molecule has 0 unspecified atom stereocenters. The van der Waals surface area contributed by atoms with Crippen LogP contribution in [0.15, 0.2) is 42.7 Å². The molecule has 21 heavy (non-hydrogen) atoms. The number of carboxylic acid groups (broad SMARTS) is 1. The minimum Gasteiger partial charge on any atom is -0.476 e. The first kappa shape index (κ1) is 12.8. The molecule has 2 aromatic heterocycles. The normalized spacial score (nSPS) is 10.5. The van der Waals surface area contributed by atoms with Gasteiger partial charge in [-0.05, 0) is 24.3 Å². The number of hydrogen-bond donors (Lipinski definition) is 3. The Morgan fingerprint density at radius 2 is 2.10 bits per heavy atom. The van der Waals surface area contributed by atoms with Crippen LogP contribution in [-0.2, 0) is 0 Å². The van der Waals surface area contributed by atoms with Gasteiger partial charge in [-0.3, -0.25) is 9.89 Å². The number of carbonyl (C=O) groups excluding carboxylic acids is 1. The molecule has 2 heterocycles. The van der Waals surface area contributed by atoms with E-state index < -0.39 is 11.9 Å². The van der Waals surface area contributed by atoms with Gasteiger partial charge in [0.1, 0.15) is 0 Å². The standard InChI is InChI=1S/C14H10N4O3/c19-13(8-3-4-9-7-16-18-11(9)6-8)17-10-2-1-5-15-12(10)14(20)21/h1-7H,(H,16,18)(H,17,19)(H,20,21). The molecule has 3 aromatic rings. The summed E-state index contributed by atoms with van der Waals surface area (Å²) < 4.78 is 0. The molecule has 0 aliphatic rings. The van der Waals surface area contributed by atoms with Crippen LogP contribution < -0.4 is 5.32 Å². The van der Waals surface area contributed by atoms with Gasteiger partial charge in [0.15, 0.2) is 5.69 Å². The SMILES string of the molecule is O=C(Nc1cccnc1C(=O)O)c1ccc2cn[nH]c2c1. The Kier molecular flexibility index (Phi) is 3.07. The summed E-state index contributed by atoms with van der Waals surface area (Å²) in [6.07, 6.45) is 3.01. The van der Waals surface area contributed by atoms with E-state index in [1.807, 2.05) is 0 Å². The zero-order chi connectivity index (χ0) is 14.8. The average molecular weight is 282 g/mol. The van der Waals surface area contributed by atoms with Gasteiger partial charge in [-0.1, -0.05) is 6.07 Å². The average Bonchev–Trinajstić information content (AvgIpc) is 2.94. The van der Waals surface area contributed by atoms with E-state index in [2.05, 4.69) is 20.5 Å². The third-order valence-corrected chi connectivity index (χ3v) is 2.96. The van der Waals surface area contributed by atoms with E-state index in [0.29, 0.717) is 5.56 Å². The number of aromatic carboxylic acids is 1. The molecule has 104 valence electrons. The molecule has 0 saturated heterocycles. The number of pyridine rings is 1. The topological polar surface area (TPSA) is 108 Å². The van der Waals surface area contributed by atoms with Gasteiger partial charge >= 0.3 is 5.97 Å². The van der Waals surface area contributed by atoms with E-state index >= 15 is 0 Å². The zero-order valence-corrected chi connectivity index (χ0v) is 10.7. The lowest BCUT2D eigenvalue weighted by atomic mass is 10.1. The summed E-state index contributed by atoms with van der Waals surface area (Å²) in [6.45, 7) is 0. The van der Waals surface area contributed by atoms with Crippen LogP contribution in [0.5, 0.6) is 0 Å². The Morgan fingerprint density at radius 1 is 1.24 bits per heavy atom. The van der Waals surface area contributed by atoms with Gasteiger partial charge in [-0.2, -0.15) is 5.10 Å². The molecule has 7 nitrogen and oxygen atoms in total. The van der Waals surface area contributed by atoms with Crippen LogP contribution >= 0.6 is 0 Å². The second-order valence-corrected chi connectivity index (χ2v) is 4.33. The first-order chi connectivity index (χ1) is 10.1. The quantitative estimate of drug-likeness (QED) is 0.680. The van der Waals surface area contributed by atoms with Crippen LogP contribution in [0.3, 0.4) is 0 Å². The monoisotopic (exact) mass is 282 g/mol. The van der Waals surface area contributed by atoms with Gasteiger partial charge in [-0.15, -0.1) is 0 Å². The lowest BCUT2D eigenvalue weighted by molar-refractivity contribution is 0.0692. The van der Waals surface area contributed by atoms with Gasteiger partial charge in [0.05, 0.1) is 17.4 Å². The fourth-order valence-corrected chi connectivity index (χ4v) is 1.95. The van der Waals surface area contributed by atoms with Crippen LogP contribution in [0.25, 0.3) is 10.9 Å². The number of fused-ring (bicyclic) bond motifs is 1. The van der Waals surface area contributed by atoms with Crippen LogP contribution in [0, 0.1) is 0 Å². The maximum Gasteiger partial charge on any atom is 0.356 e. The van der Waals surface area contributed by atoms with E-state index in [1.54, 1.807) is 30.5 Å². The lowest BCUT2D eigenvalue weighted by Gasteiger charge is -2.07. The van der Waals surface area contributed by atoms with Crippen LogP contribution in [0.2, 0.25) is 0 Å². The van der Waals surface area contributed by atoms with Gasteiger partial charge in [0.2, 0.25) is 0 Å². The van der Waals surface area contributed by atoms with Crippen LogP contribution in [0.4, 0.5) is 5.69 Å². The molecule has 3 rings (SSSR count). The van der Waals surface area contributed by atoms with Crippen LogP contribution in [0.1, 0.15) is 20.8 Å². The molecule has 0 aliphatic carbocycles. The molecular formula is C14H10N4O3. The molecule has 0 saturated carbocycles. The first-order valence-electron chi connectivity index (χ1n) is 6.08. The van der Waals surface area contributed by atoms with Gasteiger partial charge < -0.3 is 10.4 Å². The van der Waals surface area contributed by atoms with Crippen molar-refractivity contribution >= 4 is 28.5 Å². The first-order valence-corrected chi connectivity index (χ1v) is 6.08. The highest BCUT2D eigenvalue weighted by Gasteiger charge is 2.14. The molecular weight excluding hydrogens is 272 g/mol. The molecule has 0 bridgehead atoms. The van der Waals surface area contributed by atoms with E-state index in [4.69, 9.17) is 5.11 Å². The molecule has 0 fully saturated rings. The molecule has 7 heteroatoms. The number of aromatic amines is 1. The zero-order valence-electron chi connectivity index (χ0n) is 10.7. The van der Waals surface area contributed by atoms with Crippen LogP contribution in [-0.4, -0.2) is 32.2 Å². The van der Waals surface area contributed by atoms with E-state index in [-0.39, 0.29) is 11.4 Å². The number of rotatable bonds is 3. The fraction of sp³-hybridized carbons (Fsp3) is 0. The second kappa shape index (κ2) is 5.04. The Balaban J connectivity index is 1.91. The van der Waals surface area contributed by atoms with E-state index in [0.717, 1.165) is 10.9 Å². The fourth-order valence-electron chi connectivity index (χ4n) is 1.95. The number of carbonyl (C=O) groups is 2. The van der Waals surface area contributed by atoms with Crippen molar-refractivity contribution in [2.45, 2.75) is 0 Å². The number of nitrogens with zero attached hydrogens (tertiary/aromatic N) is 2. The lowest BCUT2D eigenvalue weighted by Crippen LogP contribution is -2.15. The van der Waals surface area contributed by atoms with Gasteiger partial charge in [-0.25, -0.2) is 9.78 Å². The molecule has 1 amide bonds. The summed E-state index contributed by atoms with van der Waals surface area (Å²) in [4.78, 5) is 27.0. The summed E-state index contributed by atoms with van der Waals surface area (Å²) >= 11 is 0. The largest absolute Gasteiger partial charge is 0.476 e. The number of hydrogen-bond acceptors (Lipinski definition) is 4. The van der Waals surface area contributed by atoms with Gasteiger partial charge in [0.25, 0.3) is 5.91 Å². The Labute approximate surface area is 118 Å². The van der Waals surface area contributed by atoms with Crippen molar-refractivity contribution in [3.05, 3.63) is 54.0 Å². The van der Waals surface area contributed by atoms with Crippen molar-refractivity contribution < 1.29 is 14.7 Å². The molecule has 1 aromatic carbocycles. The summed E-state index contributed by atoms with van der Waals surface area (Å²) in [7, 11) is 0. The smallest absolute Gasteiger partial charge is 0.356 e. The van der Waals surface area contributed by atoms with Crippen molar-refractivity contribution in [1.82, 2.24) is 15.2 Å². The second-order valence-electron chi connectivity index (χ2n) is 4.33. The summed E-state index contributed by atoms with van der Waals surface area (Å²) in [6, 6.07) is 8.09. The highest BCUT2D eigenvalue weighted by molar-refractivity contribution is 6.08. The maximum absolute atomic E-state index is 12.2. The number of aromatic nitrogens is 3. The predicted molar refractivity (Wildman–Crippen MR) is 75.2 cm³/mol. The Hall–Kier alpha value is -3.22. The molecule has 3 N–H and O–H groups in total. The highest BCUT2D eigenvalue weighted by atomic mass is 16.4. The van der Waals surface area contributed by atoms with Crippen molar-refractivity contribution in [2.75, 3.05) is 5.32 Å². The van der Waals surface area contributed by atoms with Crippen molar-refractivity contribution in [1.29, 1.82) is 0 Å². The third-order valence-electron chi connectivity index (χ3n) is 2.96. The summed E-state index contributed by atoms with van der Waals surface area (Å²) in [5.41, 5.74) is 1.08.